The van der Waals surface area contributed by atoms with E-state index in [1.165, 1.54) is 43.2 Å². The third-order valence-electron chi connectivity index (χ3n) is 4.59. The molecule has 0 amide bonds. The van der Waals surface area contributed by atoms with E-state index in [0.29, 0.717) is 12.3 Å². The molecule has 1 nitrogen and oxygen atoms in total. The first-order valence-corrected chi connectivity index (χ1v) is 7.86. The first kappa shape index (κ1) is 15.0. The van der Waals surface area contributed by atoms with Gasteiger partial charge < -0.3 is 4.79 Å². The molecule has 0 N–H and O–H groups in total. The van der Waals surface area contributed by atoms with Gasteiger partial charge in [-0.1, -0.05) is 42.5 Å². The van der Waals surface area contributed by atoms with Gasteiger partial charge in [-0.05, 0) is 62.8 Å². The maximum absolute atomic E-state index is 11.0. The van der Waals surface area contributed by atoms with Crippen molar-refractivity contribution in [1.29, 1.82) is 0 Å². The van der Waals surface area contributed by atoms with Crippen LogP contribution < -0.4 is 0 Å². The van der Waals surface area contributed by atoms with Crippen LogP contribution in [0.4, 0.5) is 0 Å². The molecule has 0 aromatic heterocycles. The number of hydrogen-bond donors (Lipinski definition) is 0. The van der Waals surface area contributed by atoms with Crippen LogP contribution in [0.15, 0.2) is 42.5 Å². The van der Waals surface area contributed by atoms with Crippen LogP contribution in [0.25, 0.3) is 0 Å². The minimum Gasteiger partial charge on any atom is -0.300 e. The Balaban J connectivity index is 1.75. The van der Waals surface area contributed by atoms with Crippen molar-refractivity contribution < 1.29 is 4.79 Å². The molecule has 0 aliphatic heterocycles. The van der Waals surface area contributed by atoms with Gasteiger partial charge in [0.05, 0.1) is 0 Å². The Bertz CT molecular complexity index is 438. The van der Waals surface area contributed by atoms with E-state index in [2.05, 4.69) is 36.9 Å². The summed E-state index contributed by atoms with van der Waals surface area (Å²) in [5.41, 5.74) is 2.77. The molecule has 0 radical (unpaired) electrons. The Kier molecular flexibility index (Phi) is 5.58. The lowest BCUT2D eigenvalue weighted by molar-refractivity contribution is -0.117. The van der Waals surface area contributed by atoms with Crippen LogP contribution in [0.2, 0.25) is 0 Å². The minimum absolute atomic E-state index is 0.281. The van der Waals surface area contributed by atoms with E-state index >= 15 is 0 Å². The molecule has 1 aromatic rings. The van der Waals surface area contributed by atoms with Gasteiger partial charge in [0.25, 0.3) is 0 Å². The second kappa shape index (κ2) is 7.42. The Morgan fingerprint density at radius 1 is 1.10 bits per heavy atom. The van der Waals surface area contributed by atoms with Crippen molar-refractivity contribution in [2.75, 3.05) is 0 Å². The summed E-state index contributed by atoms with van der Waals surface area (Å²) in [6.45, 7) is 5.88. The molecule has 108 valence electrons. The molecule has 0 unspecified atom stereocenters. The largest absolute Gasteiger partial charge is 0.300 e. The second-order valence-corrected chi connectivity index (χ2v) is 6.27. The van der Waals surface area contributed by atoms with Gasteiger partial charge in [-0.2, -0.15) is 0 Å². The molecule has 2 rings (SSSR count). The Morgan fingerprint density at radius 3 is 2.35 bits per heavy atom. The average molecular weight is 270 g/mol. The van der Waals surface area contributed by atoms with Crippen LogP contribution in [-0.4, -0.2) is 5.78 Å². The van der Waals surface area contributed by atoms with E-state index in [0.717, 1.165) is 12.3 Å². The number of ketones is 1. The fourth-order valence-corrected chi connectivity index (χ4v) is 3.26. The zero-order valence-electron chi connectivity index (χ0n) is 12.6. The highest BCUT2D eigenvalue weighted by atomic mass is 16.1. The van der Waals surface area contributed by atoms with Gasteiger partial charge in [-0.25, -0.2) is 0 Å². The van der Waals surface area contributed by atoms with Crippen LogP contribution in [-0.2, 0) is 11.2 Å². The molecule has 0 bridgehead atoms. The highest BCUT2D eigenvalue weighted by molar-refractivity contribution is 5.75. The number of Topliss-reactive ketones (excluding diaryl/α,β-unsaturated/α-hetero) is 1. The van der Waals surface area contributed by atoms with Crippen molar-refractivity contribution in [3.8, 4) is 0 Å². The summed E-state index contributed by atoms with van der Waals surface area (Å²) in [4.78, 5) is 11.0. The quantitative estimate of drug-likeness (QED) is 0.668. The molecule has 20 heavy (non-hydrogen) atoms. The third kappa shape index (κ3) is 4.63. The minimum atomic E-state index is 0.281. The van der Waals surface area contributed by atoms with Crippen LogP contribution in [0.5, 0.6) is 0 Å². The van der Waals surface area contributed by atoms with E-state index in [1.54, 1.807) is 6.92 Å². The lowest BCUT2D eigenvalue weighted by atomic mass is 9.76. The zero-order chi connectivity index (χ0) is 14.4. The molecular weight excluding hydrogens is 244 g/mol. The lowest BCUT2D eigenvalue weighted by Gasteiger charge is -2.30. The van der Waals surface area contributed by atoms with Gasteiger partial charge >= 0.3 is 0 Å². The summed E-state index contributed by atoms with van der Waals surface area (Å²) in [7, 11) is 0. The Hall–Kier alpha value is -1.37. The molecule has 0 spiro atoms. The van der Waals surface area contributed by atoms with Crippen molar-refractivity contribution in [3.05, 3.63) is 48.0 Å². The highest BCUT2D eigenvalue weighted by Crippen LogP contribution is 2.35. The van der Waals surface area contributed by atoms with Crippen LogP contribution in [0, 0.1) is 11.8 Å². The van der Waals surface area contributed by atoms with E-state index in [9.17, 15) is 4.79 Å². The molecule has 0 heterocycles. The molecule has 0 atom stereocenters. The number of allylic oxidation sites excluding steroid dienone is 1. The third-order valence-corrected chi connectivity index (χ3v) is 4.59. The molecule has 1 aromatic carbocycles. The van der Waals surface area contributed by atoms with Crippen molar-refractivity contribution >= 4 is 5.78 Å². The van der Waals surface area contributed by atoms with Crippen molar-refractivity contribution in [2.45, 2.75) is 51.9 Å². The van der Waals surface area contributed by atoms with Crippen molar-refractivity contribution in [2.24, 2.45) is 11.8 Å². The second-order valence-electron chi connectivity index (χ2n) is 6.27. The first-order chi connectivity index (χ1) is 9.65. The molecule has 1 aliphatic rings. The Morgan fingerprint density at radius 2 is 1.75 bits per heavy atom. The summed E-state index contributed by atoms with van der Waals surface area (Å²) >= 11 is 0. The highest BCUT2D eigenvalue weighted by Gasteiger charge is 2.23. The fourth-order valence-electron chi connectivity index (χ4n) is 3.26. The van der Waals surface area contributed by atoms with Gasteiger partial charge in [0.1, 0.15) is 5.78 Å². The molecule has 1 aliphatic carbocycles. The van der Waals surface area contributed by atoms with E-state index in [4.69, 9.17) is 0 Å². The molecule has 0 saturated heterocycles. The van der Waals surface area contributed by atoms with Gasteiger partial charge in [0.15, 0.2) is 0 Å². The first-order valence-electron chi connectivity index (χ1n) is 7.86. The number of benzene rings is 1. The normalized spacial score (nSPS) is 22.4. The summed E-state index contributed by atoms with van der Waals surface area (Å²) < 4.78 is 0. The lowest BCUT2D eigenvalue weighted by Crippen LogP contribution is -2.17. The van der Waals surface area contributed by atoms with Crippen LogP contribution in [0.1, 0.15) is 51.0 Å². The predicted octanol–water partition coefficient (Wildman–Crippen LogP) is 4.96. The zero-order valence-corrected chi connectivity index (χ0v) is 12.6. The van der Waals surface area contributed by atoms with Crippen molar-refractivity contribution in [1.82, 2.24) is 0 Å². The summed E-state index contributed by atoms with van der Waals surface area (Å²) in [6.07, 6.45) is 7.90. The van der Waals surface area contributed by atoms with Crippen LogP contribution in [0.3, 0.4) is 0 Å². The molecular formula is C19H26O. The smallest absolute Gasteiger partial charge is 0.130 e. The van der Waals surface area contributed by atoms with E-state index < -0.39 is 0 Å². The van der Waals surface area contributed by atoms with E-state index in [1.807, 2.05) is 0 Å². The summed E-state index contributed by atoms with van der Waals surface area (Å²) in [5, 5.41) is 0. The predicted molar refractivity (Wildman–Crippen MR) is 84.6 cm³/mol. The van der Waals surface area contributed by atoms with Crippen molar-refractivity contribution in [3.63, 3.8) is 0 Å². The number of carbonyl (C=O) groups excluding carboxylic acids is 1. The SMILES string of the molecule is C=C(CCC(C)=O)C1CCC(Cc2ccccc2)CC1. The number of carbonyl (C=O) groups is 1. The standard InChI is InChI=1S/C19H26O/c1-15(8-9-16(2)20)19-12-10-18(11-13-19)14-17-6-4-3-5-7-17/h3-7,18-19H,1,8-14H2,2H3. The maximum atomic E-state index is 11.0. The van der Waals surface area contributed by atoms with Gasteiger partial charge in [-0.3, -0.25) is 0 Å². The topological polar surface area (TPSA) is 17.1 Å². The molecule has 1 fully saturated rings. The monoisotopic (exact) mass is 270 g/mol. The van der Waals surface area contributed by atoms with Gasteiger partial charge in [0.2, 0.25) is 0 Å². The fraction of sp³-hybridized carbons (Fsp3) is 0.526. The van der Waals surface area contributed by atoms with Gasteiger partial charge in [-0.15, -0.1) is 0 Å². The summed E-state index contributed by atoms with van der Waals surface area (Å²) in [5.74, 6) is 1.76. The number of rotatable bonds is 6. The van der Waals surface area contributed by atoms with Crippen LogP contribution >= 0.6 is 0 Å². The molecule has 1 heteroatoms. The average Bonchev–Trinajstić information content (AvgIpc) is 2.46. The maximum Gasteiger partial charge on any atom is 0.130 e. The Labute approximate surface area is 123 Å². The van der Waals surface area contributed by atoms with Gasteiger partial charge in [0, 0.05) is 6.42 Å². The molecule has 1 saturated carbocycles. The van der Waals surface area contributed by atoms with E-state index in [-0.39, 0.29) is 5.78 Å². The summed E-state index contributed by atoms with van der Waals surface area (Å²) in [6, 6.07) is 10.8. The number of hydrogen-bond acceptors (Lipinski definition) is 1.